The van der Waals surface area contributed by atoms with Crippen molar-refractivity contribution in [1.29, 1.82) is 0 Å². The second kappa shape index (κ2) is 7.81. The van der Waals surface area contributed by atoms with Crippen molar-refractivity contribution in [2.24, 2.45) is 0 Å². The Hall–Kier alpha value is -0.390. The third kappa shape index (κ3) is 4.63. The minimum Gasteiger partial charge on any atom is -0.395 e. The van der Waals surface area contributed by atoms with Crippen LogP contribution in [0.25, 0.3) is 0 Å². The topological polar surface area (TPSA) is 38.7 Å². The molecule has 0 spiro atoms. The lowest BCUT2D eigenvalue weighted by molar-refractivity contribution is 0.201. The van der Waals surface area contributed by atoms with E-state index in [1.54, 1.807) is 0 Å². The molecule has 1 fully saturated rings. The third-order valence-electron chi connectivity index (χ3n) is 2.82. The van der Waals surface area contributed by atoms with Gasteiger partial charge in [0.2, 0.25) is 0 Å². The zero-order valence-electron chi connectivity index (χ0n) is 10.1. The van der Waals surface area contributed by atoms with Crippen LogP contribution in [0.4, 0.5) is 0 Å². The highest BCUT2D eigenvalue weighted by Gasteiger charge is 2.15. The summed E-state index contributed by atoms with van der Waals surface area (Å²) in [6.07, 6.45) is 2.22. The van der Waals surface area contributed by atoms with Gasteiger partial charge in [0.15, 0.2) is 5.11 Å². The van der Waals surface area contributed by atoms with Crippen LogP contribution in [0.1, 0.15) is 19.8 Å². The molecule has 0 unspecified atom stereocenters. The van der Waals surface area contributed by atoms with Crippen molar-refractivity contribution in [2.45, 2.75) is 19.8 Å². The Morgan fingerprint density at radius 3 is 2.81 bits per heavy atom. The molecule has 0 bridgehead atoms. The fourth-order valence-corrected chi connectivity index (χ4v) is 2.17. The second-order valence-corrected chi connectivity index (χ2v) is 4.52. The molecule has 16 heavy (non-hydrogen) atoms. The minimum atomic E-state index is 0.249. The summed E-state index contributed by atoms with van der Waals surface area (Å²) in [6.45, 7) is 8.17. The van der Waals surface area contributed by atoms with E-state index in [4.69, 9.17) is 17.3 Å². The van der Waals surface area contributed by atoms with Gasteiger partial charge < -0.3 is 15.3 Å². The normalized spacial score (nSPS) is 18.2. The fraction of sp³-hybridized carbons (Fsp3) is 0.909. The summed E-state index contributed by atoms with van der Waals surface area (Å²) in [5.41, 5.74) is 0. The Balaban J connectivity index is 2.31. The van der Waals surface area contributed by atoms with E-state index in [2.05, 4.69) is 22.0 Å². The molecule has 1 heterocycles. The first-order chi connectivity index (χ1) is 7.77. The van der Waals surface area contributed by atoms with Crippen LogP contribution in [0, 0.1) is 0 Å². The van der Waals surface area contributed by atoms with Gasteiger partial charge in [0.25, 0.3) is 0 Å². The molecular weight excluding hydrogens is 222 g/mol. The van der Waals surface area contributed by atoms with E-state index in [1.165, 1.54) is 0 Å². The Labute approximate surface area is 104 Å². The molecule has 0 radical (unpaired) electrons. The smallest absolute Gasteiger partial charge is 0.168 e. The number of rotatable bonds is 4. The predicted octanol–water partition coefficient (Wildman–Crippen LogP) is 0.271. The molecule has 0 aromatic carbocycles. The molecule has 1 rings (SSSR count). The van der Waals surface area contributed by atoms with Crippen molar-refractivity contribution in [3.05, 3.63) is 0 Å². The Morgan fingerprint density at radius 1 is 1.31 bits per heavy atom. The van der Waals surface area contributed by atoms with Crippen LogP contribution in [0.5, 0.6) is 0 Å². The Morgan fingerprint density at radius 2 is 2.12 bits per heavy atom. The molecule has 0 aromatic heterocycles. The molecule has 1 aliphatic heterocycles. The van der Waals surface area contributed by atoms with Gasteiger partial charge in [-0.3, -0.25) is 4.90 Å². The molecule has 0 atom stereocenters. The van der Waals surface area contributed by atoms with Crippen LogP contribution >= 0.6 is 12.2 Å². The molecule has 2 N–H and O–H groups in total. The number of aliphatic hydroxyl groups is 1. The van der Waals surface area contributed by atoms with Gasteiger partial charge in [0.1, 0.15) is 0 Å². The third-order valence-corrected chi connectivity index (χ3v) is 3.22. The summed E-state index contributed by atoms with van der Waals surface area (Å²) in [6, 6.07) is 0. The monoisotopic (exact) mass is 245 g/mol. The summed E-state index contributed by atoms with van der Waals surface area (Å²) in [5, 5.41) is 13.1. The zero-order chi connectivity index (χ0) is 11.8. The first-order valence-electron chi connectivity index (χ1n) is 6.14. The van der Waals surface area contributed by atoms with Crippen molar-refractivity contribution in [3.8, 4) is 0 Å². The SMILES string of the molecule is CCCNC(=S)N1CCCN(CCO)CC1. The van der Waals surface area contributed by atoms with Gasteiger partial charge in [-0.15, -0.1) is 0 Å². The van der Waals surface area contributed by atoms with Gasteiger partial charge in [0, 0.05) is 32.7 Å². The molecular formula is C11H23N3OS. The zero-order valence-corrected chi connectivity index (χ0v) is 10.9. The maximum absolute atomic E-state index is 8.91. The lowest BCUT2D eigenvalue weighted by Crippen LogP contribution is -2.42. The van der Waals surface area contributed by atoms with Crippen LogP contribution in [0.2, 0.25) is 0 Å². The van der Waals surface area contributed by atoms with Crippen molar-refractivity contribution in [2.75, 3.05) is 45.9 Å². The number of hydrogen-bond acceptors (Lipinski definition) is 3. The Bertz CT molecular complexity index is 213. The molecule has 1 saturated heterocycles. The molecule has 5 heteroatoms. The van der Waals surface area contributed by atoms with E-state index in [0.717, 1.165) is 57.2 Å². The van der Waals surface area contributed by atoms with E-state index in [9.17, 15) is 0 Å². The Kier molecular flexibility index (Phi) is 6.68. The number of nitrogens with zero attached hydrogens (tertiary/aromatic N) is 2. The molecule has 1 aliphatic rings. The maximum Gasteiger partial charge on any atom is 0.168 e. The summed E-state index contributed by atoms with van der Waals surface area (Å²) in [7, 11) is 0. The number of β-amino-alcohol motifs (C(OH)–C–C–N with tert-alkyl or cyclic N) is 1. The molecule has 0 aliphatic carbocycles. The molecule has 0 aromatic rings. The van der Waals surface area contributed by atoms with Crippen LogP contribution in [-0.4, -0.2) is 65.9 Å². The predicted molar refractivity (Wildman–Crippen MR) is 70.6 cm³/mol. The summed E-state index contributed by atoms with van der Waals surface area (Å²) in [5.74, 6) is 0. The van der Waals surface area contributed by atoms with Crippen LogP contribution in [0.3, 0.4) is 0 Å². The maximum atomic E-state index is 8.91. The highest BCUT2D eigenvalue weighted by Crippen LogP contribution is 2.03. The standard InChI is InChI=1S/C11H23N3OS/c1-2-4-12-11(16)14-6-3-5-13(7-8-14)9-10-15/h15H,2-10H2,1H3,(H,12,16). The van der Waals surface area contributed by atoms with Crippen LogP contribution < -0.4 is 5.32 Å². The summed E-state index contributed by atoms with van der Waals surface area (Å²) < 4.78 is 0. The average Bonchev–Trinajstić information content (AvgIpc) is 2.52. The summed E-state index contributed by atoms with van der Waals surface area (Å²) >= 11 is 5.35. The number of hydrogen-bond donors (Lipinski definition) is 2. The van der Waals surface area contributed by atoms with Crippen molar-refractivity contribution < 1.29 is 5.11 Å². The van der Waals surface area contributed by atoms with Gasteiger partial charge in [-0.05, 0) is 31.6 Å². The van der Waals surface area contributed by atoms with E-state index < -0.39 is 0 Å². The van der Waals surface area contributed by atoms with Gasteiger partial charge in [-0.1, -0.05) is 6.92 Å². The van der Waals surface area contributed by atoms with Crippen LogP contribution in [-0.2, 0) is 0 Å². The van der Waals surface area contributed by atoms with Crippen molar-refractivity contribution in [1.82, 2.24) is 15.1 Å². The number of thiocarbonyl (C=S) groups is 1. The number of aliphatic hydroxyl groups excluding tert-OH is 1. The molecule has 0 amide bonds. The van der Waals surface area contributed by atoms with Crippen LogP contribution in [0.15, 0.2) is 0 Å². The fourth-order valence-electron chi connectivity index (χ4n) is 1.88. The van der Waals surface area contributed by atoms with Gasteiger partial charge >= 0.3 is 0 Å². The highest BCUT2D eigenvalue weighted by molar-refractivity contribution is 7.80. The van der Waals surface area contributed by atoms with Crippen molar-refractivity contribution >= 4 is 17.3 Å². The largest absolute Gasteiger partial charge is 0.395 e. The van der Waals surface area contributed by atoms with Gasteiger partial charge in [0.05, 0.1) is 6.61 Å². The molecule has 4 nitrogen and oxygen atoms in total. The summed E-state index contributed by atoms with van der Waals surface area (Å²) in [4.78, 5) is 4.53. The first kappa shape index (κ1) is 13.7. The molecule has 0 saturated carbocycles. The quantitative estimate of drug-likeness (QED) is 0.696. The lowest BCUT2D eigenvalue weighted by atomic mass is 10.4. The van der Waals surface area contributed by atoms with Gasteiger partial charge in [-0.25, -0.2) is 0 Å². The van der Waals surface area contributed by atoms with E-state index in [0.29, 0.717) is 0 Å². The van der Waals surface area contributed by atoms with E-state index in [-0.39, 0.29) is 6.61 Å². The lowest BCUT2D eigenvalue weighted by Gasteiger charge is -2.24. The number of nitrogens with one attached hydrogen (secondary N) is 1. The first-order valence-corrected chi connectivity index (χ1v) is 6.54. The molecule has 94 valence electrons. The van der Waals surface area contributed by atoms with Crippen molar-refractivity contribution in [3.63, 3.8) is 0 Å². The second-order valence-electron chi connectivity index (χ2n) is 4.14. The minimum absolute atomic E-state index is 0.249. The van der Waals surface area contributed by atoms with E-state index in [1.807, 2.05) is 0 Å². The van der Waals surface area contributed by atoms with E-state index >= 15 is 0 Å². The average molecular weight is 245 g/mol. The van der Waals surface area contributed by atoms with Gasteiger partial charge in [-0.2, -0.15) is 0 Å². The highest BCUT2D eigenvalue weighted by atomic mass is 32.1.